The number of hydrogen-bond donors (Lipinski definition) is 2. The predicted octanol–water partition coefficient (Wildman–Crippen LogP) is 0.728. The molecule has 3 saturated carbocycles. The lowest BCUT2D eigenvalue weighted by Gasteiger charge is -2.68. The first-order chi connectivity index (χ1) is 14.5. The van der Waals surface area contributed by atoms with E-state index in [1.807, 2.05) is 24.3 Å². The molecule has 30 heavy (non-hydrogen) atoms. The second kappa shape index (κ2) is 4.84. The van der Waals surface area contributed by atoms with Gasteiger partial charge in [-0.25, -0.2) is 4.79 Å². The number of ether oxygens (including phenoxy) is 3. The van der Waals surface area contributed by atoms with Gasteiger partial charge in [-0.05, 0) is 37.4 Å². The fraction of sp³-hybridized carbons (Fsp3) is 0.545. The average Bonchev–Trinajstić information content (AvgIpc) is 3.47. The van der Waals surface area contributed by atoms with Gasteiger partial charge in [0.15, 0.2) is 17.3 Å². The van der Waals surface area contributed by atoms with E-state index in [-0.39, 0.29) is 12.8 Å². The highest BCUT2D eigenvalue weighted by atomic mass is 16.7. The van der Waals surface area contributed by atoms with Crippen LogP contribution < -0.4 is 14.8 Å². The minimum absolute atomic E-state index is 0.121. The van der Waals surface area contributed by atoms with E-state index in [0.717, 1.165) is 30.8 Å². The molecule has 8 nitrogen and oxygen atoms in total. The second-order valence-electron chi connectivity index (χ2n) is 9.34. The van der Waals surface area contributed by atoms with Crippen molar-refractivity contribution in [3.63, 3.8) is 0 Å². The Morgan fingerprint density at radius 1 is 1.30 bits per heavy atom. The van der Waals surface area contributed by atoms with Crippen LogP contribution in [0.5, 0.6) is 11.5 Å². The lowest BCUT2D eigenvalue weighted by Crippen LogP contribution is -2.87. The number of aliphatic hydroxyl groups is 1. The van der Waals surface area contributed by atoms with Crippen LogP contribution in [0.15, 0.2) is 24.3 Å². The predicted molar refractivity (Wildman–Crippen MR) is 103 cm³/mol. The molecular formula is C22H22N2O6. The van der Waals surface area contributed by atoms with Gasteiger partial charge in [-0.1, -0.05) is 18.2 Å². The number of Topliss-reactive ketones (excluding diaryl/α,β-unsaturated/α-hetero) is 1. The molecule has 4 heterocycles. The molecule has 1 saturated heterocycles. The topological polar surface area (TPSA) is 97.3 Å². The Bertz CT molecular complexity index is 1090. The molecule has 8 rings (SSSR count). The molecule has 3 aliphatic carbocycles. The van der Waals surface area contributed by atoms with E-state index in [9.17, 15) is 14.7 Å². The third-order valence-electron chi connectivity index (χ3n) is 8.75. The van der Waals surface area contributed by atoms with E-state index in [1.165, 1.54) is 7.11 Å². The molecule has 0 radical (unpaired) electrons. The zero-order valence-electron chi connectivity index (χ0n) is 16.6. The van der Waals surface area contributed by atoms with Gasteiger partial charge < -0.3 is 24.6 Å². The van der Waals surface area contributed by atoms with Gasteiger partial charge in [-0.2, -0.15) is 0 Å². The van der Waals surface area contributed by atoms with Gasteiger partial charge >= 0.3 is 5.97 Å². The number of esters is 1. The molecule has 1 aromatic rings. The first kappa shape index (κ1) is 17.1. The summed E-state index contributed by atoms with van der Waals surface area (Å²) in [5, 5.41) is 15.5. The lowest BCUT2D eigenvalue weighted by atomic mass is 9.38. The van der Waals surface area contributed by atoms with Crippen molar-refractivity contribution < 1.29 is 28.9 Å². The third-order valence-corrected chi connectivity index (χ3v) is 8.75. The van der Waals surface area contributed by atoms with Crippen LogP contribution in [0.4, 0.5) is 5.69 Å². The van der Waals surface area contributed by atoms with Crippen LogP contribution in [-0.4, -0.2) is 65.9 Å². The lowest BCUT2D eigenvalue weighted by molar-refractivity contribution is -0.206. The molecule has 156 valence electrons. The second-order valence-corrected chi connectivity index (χ2v) is 9.34. The highest BCUT2D eigenvalue weighted by Crippen LogP contribution is 2.74. The van der Waals surface area contributed by atoms with Crippen LogP contribution in [-0.2, 0) is 19.7 Å². The smallest absolute Gasteiger partial charge is 0.348 e. The number of nitrogens with zero attached hydrogens (tertiary/aromatic N) is 1. The summed E-state index contributed by atoms with van der Waals surface area (Å²) in [4.78, 5) is 29.4. The maximum absolute atomic E-state index is 14.0. The van der Waals surface area contributed by atoms with Crippen molar-refractivity contribution in [2.24, 2.45) is 5.41 Å². The number of carbonyl (C=O) groups is 2. The summed E-state index contributed by atoms with van der Waals surface area (Å²) in [5.41, 5.74) is -3.30. The summed E-state index contributed by atoms with van der Waals surface area (Å²) >= 11 is 0. The standard InChI is InChI=1S/C22H22N2O6/c1-28-18(26)22(27)17(25)19-5-2-9-24-10-8-20(16(19)24)12-3-4-13-15(30-11-29-13)14(12)23-21(20,22)7-6-19/h2-5,16,23,27H,6-11H2,1H3/t16-,19-,20+,21-,22+/m0/s1. The molecule has 5 atom stereocenters. The molecule has 2 N–H and O–H groups in total. The molecular weight excluding hydrogens is 388 g/mol. The summed E-state index contributed by atoms with van der Waals surface area (Å²) < 4.78 is 16.4. The van der Waals surface area contributed by atoms with Crippen LogP contribution >= 0.6 is 0 Å². The summed E-state index contributed by atoms with van der Waals surface area (Å²) in [5.74, 6) is -0.127. The molecule has 0 aromatic heterocycles. The number of fused-ring (bicyclic) bond motifs is 5. The van der Waals surface area contributed by atoms with Crippen LogP contribution in [0.25, 0.3) is 0 Å². The Morgan fingerprint density at radius 2 is 2.17 bits per heavy atom. The largest absolute Gasteiger partial charge is 0.466 e. The normalized spacial score (nSPS) is 43.8. The van der Waals surface area contributed by atoms with Crippen LogP contribution in [0, 0.1) is 5.41 Å². The van der Waals surface area contributed by atoms with Gasteiger partial charge in [-0.15, -0.1) is 0 Å². The van der Waals surface area contributed by atoms with Crippen molar-refractivity contribution in [3.8, 4) is 11.5 Å². The molecule has 2 bridgehead atoms. The summed E-state index contributed by atoms with van der Waals surface area (Å²) in [6.07, 6.45) is 5.74. The fourth-order valence-electron chi connectivity index (χ4n) is 7.85. The summed E-state index contributed by atoms with van der Waals surface area (Å²) in [6.45, 7) is 1.67. The van der Waals surface area contributed by atoms with Gasteiger partial charge in [0, 0.05) is 18.0 Å². The van der Waals surface area contributed by atoms with E-state index in [2.05, 4.69) is 10.2 Å². The van der Waals surface area contributed by atoms with Gasteiger partial charge in [0.1, 0.15) is 0 Å². The monoisotopic (exact) mass is 410 g/mol. The van der Waals surface area contributed by atoms with Crippen molar-refractivity contribution in [1.82, 2.24) is 4.90 Å². The summed E-state index contributed by atoms with van der Waals surface area (Å²) in [6, 6.07) is 3.78. The quantitative estimate of drug-likeness (QED) is 0.397. The van der Waals surface area contributed by atoms with Crippen molar-refractivity contribution in [1.29, 1.82) is 0 Å². The van der Waals surface area contributed by atoms with E-state index < -0.39 is 33.7 Å². The Kier molecular flexibility index (Phi) is 2.76. The zero-order valence-corrected chi connectivity index (χ0v) is 16.6. The van der Waals surface area contributed by atoms with Gasteiger partial charge in [0.05, 0.1) is 23.8 Å². The molecule has 1 aromatic carbocycles. The zero-order chi connectivity index (χ0) is 20.5. The molecule has 3 spiro atoms. The Morgan fingerprint density at radius 3 is 3.00 bits per heavy atom. The highest BCUT2D eigenvalue weighted by molar-refractivity contribution is 6.16. The Balaban J connectivity index is 1.60. The SMILES string of the molecule is COC(=O)[C@]1(O)C(=O)[C@@]23C=CCN4CC[C@@]5(c6ccc7c(c6N[C@]15CC2)OCO7)[C@@H]43. The molecule has 0 unspecified atom stereocenters. The van der Waals surface area contributed by atoms with Crippen LogP contribution in [0.1, 0.15) is 24.8 Å². The van der Waals surface area contributed by atoms with Crippen molar-refractivity contribution in [3.05, 3.63) is 29.8 Å². The number of anilines is 1. The maximum Gasteiger partial charge on any atom is 0.348 e. The number of nitrogens with one attached hydrogen (secondary N) is 1. The molecule has 0 amide bonds. The first-order valence-electron chi connectivity index (χ1n) is 10.4. The number of benzene rings is 1. The van der Waals surface area contributed by atoms with Gasteiger partial charge in [0.25, 0.3) is 0 Å². The van der Waals surface area contributed by atoms with Gasteiger partial charge in [0.2, 0.25) is 12.4 Å². The van der Waals surface area contributed by atoms with Crippen LogP contribution in [0.2, 0.25) is 0 Å². The number of carbonyl (C=O) groups excluding carboxylic acids is 2. The van der Waals surface area contributed by atoms with E-state index in [0.29, 0.717) is 24.3 Å². The van der Waals surface area contributed by atoms with Crippen molar-refractivity contribution in [2.45, 2.75) is 41.9 Å². The minimum atomic E-state index is -2.29. The van der Waals surface area contributed by atoms with Gasteiger partial charge in [-0.3, -0.25) is 9.69 Å². The molecule has 4 fully saturated rings. The number of ketones is 1. The highest BCUT2D eigenvalue weighted by Gasteiger charge is 2.87. The van der Waals surface area contributed by atoms with Crippen LogP contribution in [0.3, 0.4) is 0 Å². The Labute approximate surface area is 172 Å². The molecule has 8 heteroatoms. The van der Waals surface area contributed by atoms with Crippen molar-refractivity contribution >= 4 is 17.4 Å². The first-order valence-corrected chi connectivity index (χ1v) is 10.4. The maximum atomic E-state index is 14.0. The molecule has 4 aliphatic heterocycles. The minimum Gasteiger partial charge on any atom is -0.466 e. The Hall–Kier alpha value is -2.58. The number of rotatable bonds is 1. The van der Waals surface area contributed by atoms with E-state index in [1.54, 1.807) is 0 Å². The summed E-state index contributed by atoms with van der Waals surface area (Å²) in [7, 11) is 1.22. The van der Waals surface area contributed by atoms with E-state index in [4.69, 9.17) is 14.2 Å². The molecule has 7 aliphatic rings. The fourth-order valence-corrected chi connectivity index (χ4v) is 7.85. The average molecular weight is 410 g/mol. The number of methoxy groups -OCH3 is 1. The van der Waals surface area contributed by atoms with Crippen molar-refractivity contribution in [2.75, 3.05) is 32.3 Å². The number of hydrogen-bond acceptors (Lipinski definition) is 8. The third kappa shape index (κ3) is 1.36. The van der Waals surface area contributed by atoms with E-state index >= 15 is 0 Å².